The van der Waals surface area contributed by atoms with Crippen LogP contribution in [-0.2, 0) is 0 Å². The van der Waals surface area contributed by atoms with E-state index in [0.717, 1.165) is 33.8 Å². The van der Waals surface area contributed by atoms with Crippen LogP contribution in [0.4, 0.5) is 0 Å². The third-order valence-electron chi connectivity index (χ3n) is 4.02. The van der Waals surface area contributed by atoms with Crippen molar-refractivity contribution in [1.82, 2.24) is 14.5 Å². The number of aromatic nitrogens is 3. The Labute approximate surface area is 132 Å². The molecule has 0 aromatic carbocycles. The van der Waals surface area contributed by atoms with Gasteiger partial charge in [-0.15, -0.1) is 11.6 Å². The SMILES string of the molecule is CCC(CC1CC1)n1c(C(C)Cl)nc2cc(Br)cnc21. The first kappa shape index (κ1) is 14.3. The molecule has 0 amide bonds. The summed E-state index contributed by atoms with van der Waals surface area (Å²) in [6, 6.07) is 2.48. The van der Waals surface area contributed by atoms with Gasteiger partial charge in [-0.2, -0.15) is 0 Å². The molecular weight excluding hydrogens is 338 g/mol. The molecule has 0 N–H and O–H groups in total. The van der Waals surface area contributed by atoms with E-state index >= 15 is 0 Å². The molecule has 1 aliphatic carbocycles. The Balaban J connectivity index is 2.11. The summed E-state index contributed by atoms with van der Waals surface area (Å²) in [6.07, 6.45) is 6.89. The van der Waals surface area contributed by atoms with Gasteiger partial charge in [0.2, 0.25) is 0 Å². The molecule has 2 aromatic rings. The number of hydrogen-bond donors (Lipinski definition) is 0. The van der Waals surface area contributed by atoms with Gasteiger partial charge in [0.25, 0.3) is 0 Å². The van der Waals surface area contributed by atoms with Gasteiger partial charge < -0.3 is 4.57 Å². The van der Waals surface area contributed by atoms with E-state index < -0.39 is 0 Å². The highest BCUT2D eigenvalue weighted by Gasteiger charge is 2.28. The van der Waals surface area contributed by atoms with Gasteiger partial charge in [0, 0.05) is 16.7 Å². The van der Waals surface area contributed by atoms with E-state index in [-0.39, 0.29) is 5.38 Å². The lowest BCUT2D eigenvalue weighted by molar-refractivity contribution is 0.423. The molecule has 3 rings (SSSR count). The number of alkyl halides is 1. The molecule has 108 valence electrons. The summed E-state index contributed by atoms with van der Waals surface area (Å²) in [5.41, 5.74) is 1.89. The van der Waals surface area contributed by atoms with Crippen LogP contribution in [0.2, 0.25) is 0 Å². The average Bonchev–Trinajstić information content (AvgIpc) is 3.15. The summed E-state index contributed by atoms with van der Waals surface area (Å²) < 4.78 is 3.23. The van der Waals surface area contributed by atoms with Crippen molar-refractivity contribution in [3.8, 4) is 0 Å². The average molecular weight is 357 g/mol. The maximum absolute atomic E-state index is 6.35. The second kappa shape index (κ2) is 5.64. The highest BCUT2D eigenvalue weighted by molar-refractivity contribution is 9.10. The highest BCUT2D eigenvalue weighted by atomic mass is 79.9. The molecule has 2 atom stereocenters. The molecule has 1 saturated carbocycles. The fraction of sp³-hybridized carbons (Fsp3) is 0.600. The Morgan fingerprint density at radius 3 is 2.85 bits per heavy atom. The first-order chi connectivity index (χ1) is 9.60. The Morgan fingerprint density at radius 2 is 2.25 bits per heavy atom. The smallest absolute Gasteiger partial charge is 0.160 e. The Hall–Kier alpha value is -0.610. The minimum Gasteiger partial charge on any atom is -0.308 e. The van der Waals surface area contributed by atoms with Crippen LogP contribution < -0.4 is 0 Å². The molecule has 1 aliphatic rings. The van der Waals surface area contributed by atoms with E-state index in [1.165, 1.54) is 19.3 Å². The number of pyridine rings is 1. The summed E-state index contributed by atoms with van der Waals surface area (Å²) in [6.45, 7) is 4.22. The van der Waals surface area contributed by atoms with Gasteiger partial charge in [-0.05, 0) is 47.7 Å². The predicted octanol–water partition coefficient (Wildman–Crippen LogP) is 5.24. The van der Waals surface area contributed by atoms with Gasteiger partial charge in [-0.3, -0.25) is 0 Å². The molecule has 2 aromatic heterocycles. The van der Waals surface area contributed by atoms with Crippen molar-refractivity contribution in [1.29, 1.82) is 0 Å². The quantitative estimate of drug-likeness (QED) is 0.685. The van der Waals surface area contributed by atoms with E-state index in [1.54, 1.807) is 0 Å². The lowest BCUT2D eigenvalue weighted by atomic mass is 10.1. The Bertz CT molecular complexity index is 619. The van der Waals surface area contributed by atoms with Gasteiger partial charge in [0.15, 0.2) is 5.65 Å². The van der Waals surface area contributed by atoms with Crippen molar-refractivity contribution in [2.75, 3.05) is 0 Å². The first-order valence-electron chi connectivity index (χ1n) is 7.27. The summed E-state index contributed by atoms with van der Waals surface area (Å²) in [4.78, 5) is 9.28. The number of nitrogens with zero attached hydrogens (tertiary/aromatic N) is 3. The van der Waals surface area contributed by atoms with Crippen LogP contribution in [0, 0.1) is 5.92 Å². The summed E-state index contributed by atoms with van der Waals surface area (Å²) in [5, 5.41) is -0.101. The first-order valence-corrected chi connectivity index (χ1v) is 8.50. The number of fused-ring (bicyclic) bond motifs is 1. The van der Waals surface area contributed by atoms with Crippen molar-refractivity contribution >= 4 is 38.7 Å². The standard InChI is InChI=1S/C15H19BrClN3/c1-3-12(6-10-4-5-10)20-14(9(2)17)19-13-7-11(16)8-18-15(13)20/h7-10,12H,3-6H2,1-2H3. The molecule has 0 aliphatic heterocycles. The third-order valence-corrected chi connectivity index (χ3v) is 4.65. The van der Waals surface area contributed by atoms with Gasteiger partial charge in [-0.25, -0.2) is 9.97 Å². The van der Waals surface area contributed by atoms with E-state index in [2.05, 4.69) is 32.4 Å². The van der Waals surface area contributed by atoms with Crippen LogP contribution in [0.15, 0.2) is 16.7 Å². The maximum Gasteiger partial charge on any atom is 0.160 e. The van der Waals surface area contributed by atoms with E-state index in [4.69, 9.17) is 16.6 Å². The molecule has 5 heteroatoms. The lowest BCUT2D eigenvalue weighted by Gasteiger charge is -2.20. The summed E-state index contributed by atoms with van der Waals surface area (Å²) in [7, 11) is 0. The number of halogens is 2. The van der Waals surface area contributed by atoms with E-state index in [0.29, 0.717) is 6.04 Å². The monoisotopic (exact) mass is 355 g/mol. The van der Waals surface area contributed by atoms with Gasteiger partial charge in [-0.1, -0.05) is 19.8 Å². The van der Waals surface area contributed by atoms with Gasteiger partial charge in [0.1, 0.15) is 11.3 Å². The van der Waals surface area contributed by atoms with Crippen molar-refractivity contribution in [2.24, 2.45) is 5.92 Å². The Morgan fingerprint density at radius 1 is 1.50 bits per heavy atom. The van der Waals surface area contributed by atoms with Crippen molar-refractivity contribution in [3.05, 3.63) is 22.6 Å². The molecule has 2 unspecified atom stereocenters. The van der Waals surface area contributed by atoms with Crippen molar-refractivity contribution in [2.45, 2.75) is 50.9 Å². The van der Waals surface area contributed by atoms with Crippen LogP contribution in [0.3, 0.4) is 0 Å². The molecule has 0 saturated heterocycles. The summed E-state index contributed by atoms with van der Waals surface area (Å²) >= 11 is 9.81. The van der Waals surface area contributed by atoms with Crippen LogP contribution in [0.25, 0.3) is 11.2 Å². The zero-order valence-corrected chi connectivity index (χ0v) is 14.2. The number of rotatable bonds is 5. The number of imidazole rings is 1. The third kappa shape index (κ3) is 2.73. The number of hydrogen-bond acceptors (Lipinski definition) is 2. The zero-order valence-electron chi connectivity index (χ0n) is 11.8. The van der Waals surface area contributed by atoms with E-state index in [1.807, 2.05) is 19.2 Å². The largest absolute Gasteiger partial charge is 0.308 e. The maximum atomic E-state index is 6.35. The fourth-order valence-corrected chi connectivity index (χ4v) is 3.28. The molecule has 3 nitrogen and oxygen atoms in total. The molecule has 20 heavy (non-hydrogen) atoms. The molecule has 0 radical (unpaired) electrons. The molecule has 1 fully saturated rings. The van der Waals surface area contributed by atoms with Crippen molar-refractivity contribution < 1.29 is 0 Å². The Kier molecular flexibility index (Phi) is 4.04. The summed E-state index contributed by atoms with van der Waals surface area (Å²) in [5.74, 6) is 1.83. The minimum absolute atomic E-state index is 0.101. The minimum atomic E-state index is -0.101. The fourth-order valence-electron chi connectivity index (χ4n) is 2.81. The van der Waals surface area contributed by atoms with Crippen molar-refractivity contribution in [3.63, 3.8) is 0 Å². The highest BCUT2D eigenvalue weighted by Crippen LogP contribution is 2.40. The normalized spacial score (nSPS) is 18.4. The topological polar surface area (TPSA) is 30.7 Å². The van der Waals surface area contributed by atoms with Crippen LogP contribution in [-0.4, -0.2) is 14.5 Å². The van der Waals surface area contributed by atoms with Crippen LogP contribution in [0.5, 0.6) is 0 Å². The molecule has 0 spiro atoms. The van der Waals surface area contributed by atoms with Gasteiger partial charge in [0.05, 0.1) is 5.38 Å². The lowest BCUT2D eigenvalue weighted by Crippen LogP contribution is -2.13. The van der Waals surface area contributed by atoms with Crippen LogP contribution >= 0.6 is 27.5 Å². The molecule has 0 bridgehead atoms. The van der Waals surface area contributed by atoms with Crippen LogP contribution in [0.1, 0.15) is 56.8 Å². The molecule has 2 heterocycles. The van der Waals surface area contributed by atoms with E-state index in [9.17, 15) is 0 Å². The predicted molar refractivity (Wildman–Crippen MR) is 86.2 cm³/mol. The zero-order chi connectivity index (χ0) is 14.3. The van der Waals surface area contributed by atoms with Gasteiger partial charge >= 0.3 is 0 Å². The molecular formula is C15H19BrClN3. The second-order valence-electron chi connectivity index (χ2n) is 5.69. The second-order valence-corrected chi connectivity index (χ2v) is 7.26.